The van der Waals surface area contributed by atoms with E-state index in [0.29, 0.717) is 0 Å². The molecule has 0 heterocycles. The van der Waals surface area contributed by atoms with Gasteiger partial charge in [-0.25, -0.2) is 9.59 Å². The number of hydrogen-bond donors (Lipinski definition) is 3. The largest absolute Gasteiger partial charge is 0.480 e. The van der Waals surface area contributed by atoms with Crippen LogP contribution >= 0.6 is 0 Å². The van der Waals surface area contributed by atoms with Crippen LogP contribution in [0.4, 0.5) is 4.79 Å². The Labute approximate surface area is 57.7 Å². The molecule has 0 radical (unpaired) electrons. The lowest BCUT2D eigenvalue weighted by Crippen LogP contribution is -2.49. The zero-order valence-electron chi connectivity index (χ0n) is 5.71. The van der Waals surface area contributed by atoms with Crippen LogP contribution in [-0.2, 0) is 4.79 Å². The van der Waals surface area contributed by atoms with Crippen molar-refractivity contribution in [2.45, 2.75) is 19.4 Å². The molecule has 0 saturated heterocycles. The van der Waals surface area contributed by atoms with Gasteiger partial charge in [-0.2, -0.15) is 0 Å². The lowest BCUT2D eigenvalue weighted by molar-refractivity contribution is -0.143. The van der Waals surface area contributed by atoms with E-state index in [2.05, 4.69) is 0 Å². The molecule has 0 aliphatic heterocycles. The summed E-state index contributed by atoms with van der Waals surface area (Å²) in [5.41, 5.74) is -1.41. The Kier molecular flexibility index (Phi) is 2.23. The first kappa shape index (κ1) is 8.74. The number of carboxylic acids is 1. The average molecular weight is 147 g/mol. The number of carbonyl (C=O) groups is 2. The number of aliphatic carboxylic acids is 1. The predicted octanol–water partition coefficient (Wildman–Crippen LogP) is 0.117. The normalized spacial score (nSPS) is 10.6. The van der Waals surface area contributed by atoms with E-state index < -0.39 is 17.6 Å². The Morgan fingerprint density at radius 2 is 1.70 bits per heavy atom. The highest BCUT2D eigenvalue weighted by Gasteiger charge is 2.28. The molecule has 0 spiro atoms. The summed E-state index contributed by atoms with van der Waals surface area (Å²) in [6, 6.07) is 0. The van der Waals surface area contributed by atoms with Crippen LogP contribution in [0, 0.1) is 0 Å². The second-order valence-corrected chi connectivity index (χ2v) is 2.36. The van der Waals surface area contributed by atoms with E-state index in [1.165, 1.54) is 13.8 Å². The highest BCUT2D eigenvalue weighted by atomic mass is 16.4. The third kappa shape index (κ3) is 2.34. The Balaban J connectivity index is 4.13. The number of rotatable bonds is 2. The second-order valence-electron chi connectivity index (χ2n) is 2.36. The minimum Gasteiger partial charge on any atom is -0.480 e. The van der Waals surface area contributed by atoms with Crippen molar-refractivity contribution in [3.8, 4) is 0 Å². The van der Waals surface area contributed by atoms with Gasteiger partial charge >= 0.3 is 12.1 Å². The van der Waals surface area contributed by atoms with Crippen LogP contribution in [0.25, 0.3) is 0 Å². The van der Waals surface area contributed by atoms with Crippen molar-refractivity contribution in [2.75, 3.05) is 0 Å². The third-order valence-electron chi connectivity index (χ3n) is 0.954. The molecule has 0 rings (SSSR count). The number of carboxylic acid groups (broad SMARTS) is 2. The van der Waals surface area contributed by atoms with Gasteiger partial charge in [0.25, 0.3) is 0 Å². The summed E-state index contributed by atoms with van der Waals surface area (Å²) in [4.78, 5) is 20.2. The molecule has 0 aromatic heterocycles. The molecule has 0 unspecified atom stereocenters. The fourth-order valence-electron chi connectivity index (χ4n) is 0.321. The van der Waals surface area contributed by atoms with Crippen LogP contribution in [0.3, 0.4) is 0 Å². The van der Waals surface area contributed by atoms with E-state index in [1.54, 1.807) is 0 Å². The molecule has 58 valence electrons. The lowest BCUT2D eigenvalue weighted by Gasteiger charge is -2.17. The molecule has 0 saturated carbocycles. The van der Waals surface area contributed by atoms with Crippen molar-refractivity contribution in [1.82, 2.24) is 5.32 Å². The minimum atomic E-state index is -1.41. The molecule has 0 bridgehead atoms. The van der Waals surface area contributed by atoms with Gasteiger partial charge < -0.3 is 15.5 Å². The van der Waals surface area contributed by atoms with Gasteiger partial charge in [-0.15, -0.1) is 0 Å². The first-order chi connectivity index (χ1) is 4.36. The molecular weight excluding hydrogens is 138 g/mol. The van der Waals surface area contributed by atoms with E-state index >= 15 is 0 Å². The minimum absolute atomic E-state index is 1.20. The maximum atomic E-state index is 10.2. The maximum absolute atomic E-state index is 10.2. The Hall–Kier alpha value is -1.26. The van der Waals surface area contributed by atoms with Crippen LogP contribution in [0.1, 0.15) is 13.8 Å². The first-order valence-electron chi connectivity index (χ1n) is 2.61. The number of amides is 1. The van der Waals surface area contributed by atoms with Crippen LogP contribution in [0.2, 0.25) is 0 Å². The number of hydrogen-bond acceptors (Lipinski definition) is 2. The van der Waals surface area contributed by atoms with Gasteiger partial charge in [0.15, 0.2) is 0 Å². The molecular formula is C5H9NO4. The fourth-order valence-corrected chi connectivity index (χ4v) is 0.321. The Morgan fingerprint density at radius 3 is 1.80 bits per heavy atom. The SMILES string of the molecule is CC(C)(NC(=O)O)C(=O)O. The zero-order valence-corrected chi connectivity index (χ0v) is 5.71. The fraction of sp³-hybridized carbons (Fsp3) is 0.600. The molecule has 0 atom stereocenters. The van der Waals surface area contributed by atoms with Crippen LogP contribution < -0.4 is 5.32 Å². The highest BCUT2D eigenvalue weighted by Crippen LogP contribution is 2.00. The highest BCUT2D eigenvalue weighted by molar-refractivity contribution is 5.82. The molecule has 5 nitrogen and oxygen atoms in total. The molecule has 5 heteroatoms. The molecule has 0 fully saturated rings. The van der Waals surface area contributed by atoms with Gasteiger partial charge in [0, 0.05) is 0 Å². The van der Waals surface area contributed by atoms with Gasteiger partial charge in [-0.3, -0.25) is 0 Å². The maximum Gasteiger partial charge on any atom is 0.405 e. The molecule has 0 aromatic carbocycles. The summed E-state index contributed by atoms with van der Waals surface area (Å²) in [6.45, 7) is 2.53. The summed E-state index contributed by atoms with van der Waals surface area (Å²) in [5.74, 6) is -1.20. The van der Waals surface area contributed by atoms with Gasteiger partial charge in [0.05, 0.1) is 0 Å². The third-order valence-corrected chi connectivity index (χ3v) is 0.954. The van der Waals surface area contributed by atoms with E-state index in [4.69, 9.17) is 10.2 Å². The van der Waals surface area contributed by atoms with Crippen molar-refractivity contribution in [2.24, 2.45) is 0 Å². The summed E-state index contributed by atoms with van der Waals surface area (Å²) < 4.78 is 0. The Bertz CT molecular complexity index is 163. The lowest BCUT2D eigenvalue weighted by atomic mass is 10.1. The van der Waals surface area contributed by atoms with Crippen LogP contribution in [0.15, 0.2) is 0 Å². The first-order valence-corrected chi connectivity index (χ1v) is 2.61. The van der Waals surface area contributed by atoms with Crippen LogP contribution in [-0.4, -0.2) is 27.8 Å². The molecule has 0 aliphatic rings. The monoisotopic (exact) mass is 147 g/mol. The standard InChI is InChI=1S/C5H9NO4/c1-5(2,3(7)8)6-4(9)10/h6H,1-2H3,(H,7,8)(H,9,10). The van der Waals surface area contributed by atoms with Crippen molar-refractivity contribution < 1.29 is 19.8 Å². The van der Waals surface area contributed by atoms with Crippen molar-refractivity contribution in [3.05, 3.63) is 0 Å². The van der Waals surface area contributed by atoms with Gasteiger partial charge in [0.2, 0.25) is 0 Å². The Morgan fingerprint density at radius 1 is 1.30 bits per heavy atom. The van der Waals surface area contributed by atoms with Gasteiger partial charge in [-0.1, -0.05) is 0 Å². The van der Waals surface area contributed by atoms with Gasteiger partial charge in [0.1, 0.15) is 5.54 Å². The molecule has 10 heavy (non-hydrogen) atoms. The quantitative estimate of drug-likeness (QED) is 0.517. The van der Waals surface area contributed by atoms with Crippen molar-refractivity contribution in [1.29, 1.82) is 0 Å². The smallest absolute Gasteiger partial charge is 0.405 e. The topological polar surface area (TPSA) is 86.6 Å². The van der Waals surface area contributed by atoms with E-state index in [-0.39, 0.29) is 0 Å². The zero-order chi connectivity index (χ0) is 8.36. The summed E-state index contributed by atoms with van der Waals surface area (Å²) >= 11 is 0. The van der Waals surface area contributed by atoms with E-state index in [1.807, 2.05) is 5.32 Å². The van der Waals surface area contributed by atoms with Crippen molar-refractivity contribution >= 4 is 12.1 Å². The number of nitrogens with one attached hydrogen (secondary N) is 1. The van der Waals surface area contributed by atoms with Gasteiger partial charge in [-0.05, 0) is 13.8 Å². The predicted molar refractivity (Wildman–Crippen MR) is 32.9 cm³/mol. The molecule has 0 aliphatic carbocycles. The second kappa shape index (κ2) is 2.55. The average Bonchev–Trinajstić information content (AvgIpc) is 1.60. The van der Waals surface area contributed by atoms with Crippen molar-refractivity contribution in [3.63, 3.8) is 0 Å². The van der Waals surface area contributed by atoms with Crippen LogP contribution in [0.5, 0.6) is 0 Å². The summed E-state index contributed by atoms with van der Waals surface area (Å²) in [6.07, 6.45) is -1.34. The summed E-state index contributed by atoms with van der Waals surface area (Å²) in [5, 5.41) is 18.3. The molecule has 1 amide bonds. The molecule has 0 aromatic rings. The van der Waals surface area contributed by atoms with E-state index in [9.17, 15) is 9.59 Å². The summed E-state index contributed by atoms with van der Waals surface area (Å²) in [7, 11) is 0. The molecule has 3 N–H and O–H groups in total. The van der Waals surface area contributed by atoms with E-state index in [0.717, 1.165) is 0 Å².